The number of ether oxygens (including phenoxy) is 1. The Hall–Kier alpha value is -4.67. The van der Waals surface area contributed by atoms with Gasteiger partial charge in [-0.2, -0.15) is 9.98 Å². The molecule has 0 saturated carbocycles. The van der Waals surface area contributed by atoms with Crippen molar-refractivity contribution in [2.75, 3.05) is 39.6 Å². The van der Waals surface area contributed by atoms with Gasteiger partial charge in [0.1, 0.15) is 0 Å². The standard InChI is InChI=1S/C15H10N2O2.C6H10O4.C6H14O2.C5H12O2.C4H9NO.C3H8O2.C3H6O/c18-10-16-14-5-1-12(2-6-14)9-13-3-7-15(8-4-13)17-11-19;7-5(8)3-1-2-4-6(9)10;7-5-3-1-2-4-6-8;1-5(2,3-6)4-7;1-3-4(2)5-6;1-3(5)2-4;1-3-2-4-3/h1-8H,9H2;1-4H2,(H,7,8)(H,9,10);7-8H,1-6H2;6-7H,3-4H2,1-2H3;6H,3H2,1-2H3;3-5H,2H2,1H3;3H,2H2,1H3. The molecule has 59 heavy (non-hydrogen) atoms. The van der Waals surface area contributed by atoms with Gasteiger partial charge in [0.2, 0.25) is 12.2 Å². The minimum absolute atomic E-state index is 0.0451. The van der Waals surface area contributed by atoms with E-state index in [-0.39, 0.29) is 51.3 Å². The maximum Gasteiger partial charge on any atom is 0.303 e. The van der Waals surface area contributed by atoms with Crippen LogP contribution in [0.5, 0.6) is 0 Å². The molecule has 17 nitrogen and oxygen atoms in total. The molecule has 3 rings (SSSR count). The summed E-state index contributed by atoms with van der Waals surface area (Å²) < 4.78 is 4.71. The number of unbranched alkanes of at least 4 members (excludes halogenated alkanes) is 4. The molecule has 0 bridgehead atoms. The van der Waals surface area contributed by atoms with Crippen LogP contribution < -0.4 is 0 Å². The number of aliphatic imine (C=N–C) groups is 2. The minimum Gasteiger partial charge on any atom is -0.481 e. The zero-order chi connectivity index (χ0) is 45.9. The molecule has 1 saturated heterocycles. The molecule has 1 aliphatic rings. The molecule has 17 heteroatoms. The number of carboxylic acid groups (broad SMARTS) is 2. The van der Waals surface area contributed by atoms with Crippen molar-refractivity contribution >= 4 is 41.2 Å². The van der Waals surface area contributed by atoms with Gasteiger partial charge in [-0.1, -0.05) is 63.0 Å². The molecular formula is C42H69N3O14. The molecule has 336 valence electrons. The summed E-state index contributed by atoms with van der Waals surface area (Å²) in [5.41, 5.74) is 3.87. The van der Waals surface area contributed by atoms with E-state index in [0.29, 0.717) is 30.3 Å². The molecule has 0 aromatic heterocycles. The van der Waals surface area contributed by atoms with Gasteiger partial charge in [0, 0.05) is 31.5 Å². The van der Waals surface area contributed by atoms with Crippen LogP contribution in [0.3, 0.4) is 0 Å². The second-order valence-electron chi connectivity index (χ2n) is 13.6. The van der Waals surface area contributed by atoms with Crippen molar-refractivity contribution in [3.63, 3.8) is 0 Å². The molecule has 1 heterocycles. The van der Waals surface area contributed by atoms with E-state index in [1.54, 1.807) is 45.0 Å². The number of aliphatic carboxylic acids is 2. The quantitative estimate of drug-likeness (QED) is 0.0225. The Bertz CT molecular complexity index is 1330. The van der Waals surface area contributed by atoms with E-state index in [0.717, 1.165) is 62.0 Å². The van der Waals surface area contributed by atoms with Gasteiger partial charge in [-0.3, -0.25) is 9.59 Å². The fourth-order valence-electron chi connectivity index (χ4n) is 3.06. The van der Waals surface area contributed by atoms with Crippen molar-refractivity contribution in [3.05, 3.63) is 59.7 Å². The molecule has 0 amide bonds. The van der Waals surface area contributed by atoms with Crippen LogP contribution in [0.25, 0.3) is 0 Å². The van der Waals surface area contributed by atoms with E-state index < -0.39 is 18.0 Å². The smallest absolute Gasteiger partial charge is 0.303 e. The molecule has 0 aliphatic carbocycles. The molecule has 0 radical (unpaired) electrons. The zero-order valence-electron chi connectivity index (χ0n) is 35.5. The van der Waals surface area contributed by atoms with Gasteiger partial charge >= 0.3 is 11.9 Å². The fraction of sp³-hybridized carbons (Fsp3) is 0.595. The lowest BCUT2D eigenvalue weighted by atomic mass is 9.97. The summed E-state index contributed by atoms with van der Waals surface area (Å²) in [5, 5.41) is 76.6. The molecule has 2 atom stereocenters. The number of nitrogens with zero attached hydrogens (tertiary/aromatic N) is 3. The highest BCUT2D eigenvalue weighted by molar-refractivity contribution is 5.80. The van der Waals surface area contributed by atoms with Crippen molar-refractivity contribution < 1.29 is 70.0 Å². The lowest BCUT2D eigenvalue weighted by Crippen LogP contribution is -2.20. The number of rotatable bonds is 18. The fourth-order valence-corrected chi connectivity index (χ4v) is 3.06. The Morgan fingerprint density at radius 2 is 1.10 bits per heavy atom. The third kappa shape index (κ3) is 51.3. The van der Waals surface area contributed by atoms with E-state index in [1.165, 1.54) is 19.1 Å². The van der Waals surface area contributed by atoms with Crippen molar-refractivity contribution in [3.8, 4) is 0 Å². The second-order valence-corrected chi connectivity index (χ2v) is 13.6. The highest BCUT2D eigenvalue weighted by Gasteiger charge is 2.13. The van der Waals surface area contributed by atoms with E-state index in [9.17, 15) is 19.2 Å². The third-order valence-electron chi connectivity index (χ3n) is 7.03. The maximum absolute atomic E-state index is 10.1. The van der Waals surface area contributed by atoms with Crippen LogP contribution in [0.4, 0.5) is 11.4 Å². The maximum atomic E-state index is 10.1. The van der Waals surface area contributed by atoms with E-state index in [2.05, 4.69) is 22.1 Å². The van der Waals surface area contributed by atoms with Crippen LogP contribution in [-0.4, -0.2) is 128 Å². The Morgan fingerprint density at radius 3 is 1.27 bits per heavy atom. The molecule has 9 N–H and O–H groups in total. The number of aliphatic hydroxyl groups excluding tert-OH is 6. The van der Waals surface area contributed by atoms with Crippen molar-refractivity contribution in [1.29, 1.82) is 0 Å². The average Bonchev–Trinajstić information content (AvgIpc) is 4.02. The molecule has 2 unspecified atom stereocenters. The Labute approximate surface area is 348 Å². The van der Waals surface area contributed by atoms with Crippen LogP contribution in [0, 0.1) is 5.41 Å². The van der Waals surface area contributed by atoms with Crippen molar-refractivity contribution in [2.45, 2.75) is 118 Å². The number of hydrogen-bond acceptors (Lipinski definition) is 15. The first-order chi connectivity index (χ1) is 27.9. The highest BCUT2D eigenvalue weighted by Crippen LogP contribution is 2.18. The lowest BCUT2D eigenvalue weighted by Gasteiger charge is -2.16. The SMILES string of the molecule is CC(C)(CO)CO.CC(O)CO.CC1CO1.CCC(C)=NO.O=C(O)CCCCC(=O)O.O=C=Nc1ccc(Cc2ccc(N=C=O)cc2)cc1.OCCCCCCO. The number of isocyanates is 2. The highest BCUT2D eigenvalue weighted by atomic mass is 16.6. The van der Waals surface area contributed by atoms with Crippen molar-refractivity contribution in [1.82, 2.24) is 0 Å². The van der Waals surface area contributed by atoms with Crippen LogP contribution in [0.1, 0.15) is 110 Å². The zero-order valence-corrected chi connectivity index (χ0v) is 35.5. The number of carbonyl (C=O) groups is 2. The van der Waals surface area contributed by atoms with E-state index in [1.807, 2.05) is 31.2 Å². The van der Waals surface area contributed by atoms with Crippen LogP contribution in [0.15, 0.2) is 63.7 Å². The summed E-state index contributed by atoms with van der Waals surface area (Å²) in [6.45, 7) is 12.4. The number of carbonyl (C=O) groups excluding carboxylic acids is 2. The number of carboxylic acids is 2. The first kappa shape index (κ1) is 61.0. The van der Waals surface area contributed by atoms with Gasteiger partial charge in [-0.05, 0) is 94.7 Å². The number of epoxide rings is 1. The summed E-state index contributed by atoms with van der Waals surface area (Å²) in [5.74, 6) is -1.74. The summed E-state index contributed by atoms with van der Waals surface area (Å²) in [7, 11) is 0. The van der Waals surface area contributed by atoms with Gasteiger partial charge in [-0.15, -0.1) is 0 Å². The Balaban J connectivity index is -0.000000324. The average molecular weight is 840 g/mol. The summed E-state index contributed by atoms with van der Waals surface area (Å²) >= 11 is 0. The molecule has 2 aromatic carbocycles. The van der Waals surface area contributed by atoms with E-state index in [4.69, 9.17) is 50.8 Å². The monoisotopic (exact) mass is 839 g/mol. The second kappa shape index (κ2) is 42.9. The van der Waals surface area contributed by atoms with Gasteiger partial charge < -0.3 is 50.8 Å². The summed E-state index contributed by atoms with van der Waals surface area (Å²) in [6, 6.07) is 14.7. The summed E-state index contributed by atoms with van der Waals surface area (Å²) in [6.07, 6.45) is 9.47. The Kier molecular flexibility index (Phi) is 44.4. The predicted molar refractivity (Wildman–Crippen MR) is 225 cm³/mol. The van der Waals surface area contributed by atoms with Crippen LogP contribution in [0.2, 0.25) is 0 Å². The number of aliphatic hydroxyl groups is 6. The van der Waals surface area contributed by atoms with Crippen LogP contribution in [-0.2, 0) is 30.3 Å². The third-order valence-corrected chi connectivity index (χ3v) is 7.03. The topological polar surface area (TPSA) is 300 Å². The summed E-state index contributed by atoms with van der Waals surface area (Å²) in [4.78, 5) is 47.1. The first-order valence-electron chi connectivity index (χ1n) is 19.2. The van der Waals surface area contributed by atoms with Gasteiger partial charge in [-0.25, -0.2) is 9.59 Å². The molecule has 1 fully saturated rings. The number of hydrogen-bond donors (Lipinski definition) is 9. The van der Waals surface area contributed by atoms with Gasteiger partial charge in [0.25, 0.3) is 0 Å². The first-order valence-corrected chi connectivity index (χ1v) is 19.2. The normalized spacial score (nSPS) is 12.5. The van der Waals surface area contributed by atoms with Gasteiger partial charge in [0.05, 0.1) is 55.7 Å². The van der Waals surface area contributed by atoms with Crippen LogP contribution >= 0.6 is 0 Å². The Morgan fingerprint density at radius 1 is 0.763 bits per heavy atom. The van der Waals surface area contributed by atoms with E-state index >= 15 is 0 Å². The molecule has 2 aromatic rings. The molecule has 1 aliphatic heterocycles. The number of oxime groups is 1. The largest absolute Gasteiger partial charge is 0.481 e. The van der Waals surface area contributed by atoms with Gasteiger partial charge in [0.15, 0.2) is 0 Å². The van der Waals surface area contributed by atoms with Crippen molar-refractivity contribution in [2.24, 2.45) is 20.6 Å². The minimum atomic E-state index is -0.870. The molecular weight excluding hydrogens is 770 g/mol. The molecule has 0 spiro atoms. The lowest BCUT2D eigenvalue weighted by molar-refractivity contribution is -0.139. The predicted octanol–water partition coefficient (Wildman–Crippen LogP) is 5.47. The number of benzene rings is 2.